The van der Waals surface area contributed by atoms with E-state index in [0.717, 1.165) is 4.88 Å². The standard InChI is InChI=1S/C8H10O2S/c9-5-7(6-10)4-8-2-1-3-11-8/h1-4,9-10H,5-6H2. The molecule has 3 heteroatoms. The highest BCUT2D eigenvalue weighted by molar-refractivity contribution is 7.10. The Bertz CT molecular complexity index is 220. The summed E-state index contributed by atoms with van der Waals surface area (Å²) in [6.45, 7) is -0.150. The van der Waals surface area contributed by atoms with Crippen LogP contribution in [0.5, 0.6) is 0 Å². The number of hydrogen-bond acceptors (Lipinski definition) is 3. The van der Waals surface area contributed by atoms with Gasteiger partial charge in [0.1, 0.15) is 0 Å². The van der Waals surface area contributed by atoms with E-state index >= 15 is 0 Å². The fourth-order valence-electron chi connectivity index (χ4n) is 0.716. The van der Waals surface area contributed by atoms with Crippen molar-refractivity contribution in [2.45, 2.75) is 0 Å². The third kappa shape index (κ3) is 2.46. The molecule has 0 saturated heterocycles. The number of rotatable bonds is 3. The van der Waals surface area contributed by atoms with E-state index in [4.69, 9.17) is 10.2 Å². The van der Waals surface area contributed by atoms with Crippen LogP contribution in [0.15, 0.2) is 23.1 Å². The Labute approximate surface area is 69.4 Å². The first-order valence-corrected chi connectivity index (χ1v) is 4.19. The first-order chi connectivity index (χ1) is 5.36. The maximum Gasteiger partial charge on any atom is 0.0667 e. The third-order valence-corrected chi connectivity index (χ3v) is 2.12. The van der Waals surface area contributed by atoms with Gasteiger partial charge in [0.2, 0.25) is 0 Å². The Hall–Kier alpha value is -0.640. The van der Waals surface area contributed by atoms with E-state index in [0.29, 0.717) is 5.57 Å². The van der Waals surface area contributed by atoms with Crippen LogP contribution >= 0.6 is 11.3 Å². The van der Waals surface area contributed by atoms with Crippen LogP contribution in [0, 0.1) is 0 Å². The van der Waals surface area contributed by atoms with Gasteiger partial charge in [-0.15, -0.1) is 11.3 Å². The van der Waals surface area contributed by atoms with Crippen molar-refractivity contribution in [2.75, 3.05) is 13.2 Å². The third-order valence-electron chi connectivity index (χ3n) is 1.30. The fraction of sp³-hybridized carbons (Fsp3) is 0.250. The van der Waals surface area contributed by atoms with Crippen LogP contribution in [0.3, 0.4) is 0 Å². The summed E-state index contributed by atoms with van der Waals surface area (Å²) in [5.74, 6) is 0. The average Bonchev–Trinajstić information content (AvgIpc) is 2.52. The zero-order valence-electron chi connectivity index (χ0n) is 6.03. The van der Waals surface area contributed by atoms with Gasteiger partial charge in [-0.25, -0.2) is 0 Å². The van der Waals surface area contributed by atoms with Gasteiger partial charge in [0, 0.05) is 4.88 Å². The molecule has 0 aromatic carbocycles. The van der Waals surface area contributed by atoms with Gasteiger partial charge >= 0.3 is 0 Å². The number of thiophene rings is 1. The van der Waals surface area contributed by atoms with Gasteiger partial charge < -0.3 is 10.2 Å². The zero-order valence-corrected chi connectivity index (χ0v) is 6.84. The predicted octanol–water partition coefficient (Wildman–Crippen LogP) is 1.12. The van der Waals surface area contributed by atoms with Gasteiger partial charge in [-0.05, 0) is 23.1 Å². The molecule has 0 bridgehead atoms. The van der Waals surface area contributed by atoms with Gasteiger partial charge in [-0.2, -0.15) is 0 Å². The van der Waals surface area contributed by atoms with Crippen LogP contribution in [-0.4, -0.2) is 23.4 Å². The van der Waals surface area contributed by atoms with E-state index in [9.17, 15) is 0 Å². The molecule has 0 aliphatic carbocycles. The van der Waals surface area contributed by atoms with Crippen molar-refractivity contribution < 1.29 is 10.2 Å². The highest BCUT2D eigenvalue weighted by atomic mass is 32.1. The predicted molar refractivity (Wildman–Crippen MR) is 46.5 cm³/mol. The molecule has 2 nitrogen and oxygen atoms in total. The molecular weight excluding hydrogens is 160 g/mol. The molecule has 1 aromatic rings. The summed E-state index contributed by atoms with van der Waals surface area (Å²) in [5, 5.41) is 19.4. The lowest BCUT2D eigenvalue weighted by molar-refractivity contribution is 0.278. The largest absolute Gasteiger partial charge is 0.392 e. The summed E-state index contributed by atoms with van der Waals surface area (Å²) in [6.07, 6.45) is 1.80. The van der Waals surface area contributed by atoms with Gasteiger partial charge in [0.15, 0.2) is 0 Å². The number of hydrogen-bond donors (Lipinski definition) is 2. The molecule has 0 atom stereocenters. The van der Waals surface area contributed by atoms with E-state index < -0.39 is 0 Å². The van der Waals surface area contributed by atoms with Crippen molar-refractivity contribution >= 4 is 17.4 Å². The molecule has 2 N–H and O–H groups in total. The van der Waals surface area contributed by atoms with E-state index in [1.807, 2.05) is 17.5 Å². The minimum atomic E-state index is -0.0750. The van der Waals surface area contributed by atoms with Crippen molar-refractivity contribution in [2.24, 2.45) is 0 Å². The molecule has 0 aliphatic heterocycles. The lowest BCUT2D eigenvalue weighted by Crippen LogP contribution is -1.94. The summed E-state index contributed by atoms with van der Waals surface area (Å²) in [5.41, 5.74) is 0.646. The van der Waals surface area contributed by atoms with E-state index in [-0.39, 0.29) is 13.2 Å². The van der Waals surface area contributed by atoms with E-state index in [1.54, 1.807) is 17.4 Å². The molecule has 0 aliphatic rings. The minimum Gasteiger partial charge on any atom is -0.392 e. The Balaban J connectivity index is 2.71. The van der Waals surface area contributed by atoms with Gasteiger partial charge in [-0.1, -0.05) is 6.07 Å². The first-order valence-electron chi connectivity index (χ1n) is 3.31. The quantitative estimate of drug-likeness (QED) is 0.713. The molecule has 0 saturated carbocycles. The normalized spacial score (nSPS) is 9.64. The van der Waals surface area contributed by atoms with Crippen molar-refractivity contribution in [1.82, 2.24) is 0 Å². The smallest absolute Gasteiger partial charge is 0.0667 e. The van der Waals surface area contributed by atoms with Gasteiger partial charge in [0.05, 0.1) is 13.2 Å². The maximum atomic E-state index is 8.70. The van der Waals surface area contributed by atoms with Gasteiger partial charge in [0.25, 0.3) is 0 Å². The van der Waals surface area contributed by atoms with Gasteiger partial charge in [-0.3, -0.25) is 0 Å². The maximum absolute atomic E-state index is 8.70. The average molecular weight is 170 g/mol. The van der Waals surface area contributed by atoms with Crippen molar-refractivity contribution in [3.8, 4) is 0 Å². The van der Waals surface area contributed by atoms with Crippen LogP contribution in [-0.2, 0) is 0 Å². The second-order valence-corrected chi connectivity index (χ2v) is 3.11. The Morgan fingerprint density at radius 2 is 2.18 bits per heavy atom. The van der Waals surface area contributed by atoms with E-state index in [1.165, 1.54) is 0 Å². The molecule has 11 heavy (non-hydrogen) atoms. The second kappa shape index (κ2) is 4.28. The summed E-state index contributed by atoms with van der Waals surface area (Å²) in [7, 11) is 0. The molecule has 0 amide bonds. The first kappa shape index (κ1) is 8.46. The highest BCUT2D eigenvalue weighted by Crippen LogP contribution is 2.12. The SMILES string of the molecule is OCC(=Cc1cccs1)CO. The molecule has 1 rings (SSSR count). The Kier molecular flexibility index (Phi) is 3.29. The molecular formula is C8H10O2S. The number of aliphatic hydroxyl groups excluding tert-OH is 2. The Morgan fingerprint density at radius 1 is 1.45 bits per heavy atom. The summed E-state index contributed by atoms with van der Waals surface area (Å²) >= 11 is 1.58. The van der Waals surface area contributed by atoms with Crippen molar-refractivity contribution in [1.29, 1.82) is 0 Å². The summed E-state index contributed by atoms with van der Waals surface area (Å²) in [4.78, 5) is 1.06. The van der Waals surface area contributed by atoms with Crippen LogP contribution in [0.2, 0.25) is 0 Å². The molecule has 0 unspecified atom stereocenters. The van der Waals surface area contributed by atoms with Crippen LogP contribution in [0.4, 0.5) is 0 Å². The molecule has 1 heterocycles. The van der Waals surface area contributed by atoms with Crippen LogP contribution in [0.1, 0.15) is 4.88 Å². The molecule has 1 aromatic heterocycles. The monoisotopic (exact) mass is 170 g/mol. The summed E-state index contributed by atoms with van der Waals surface area (Å²) in [6, 6.07) is 3.87. The zero-order chi connectivity index (χ0) is 8.10. The van der Waals surface area contributed by atoms with Crippen molar-refractivity contribution in [3.63, 3.8) is 0 Å². The van der Waals surface area contributed by atoms with Crippen molar-refractivity contribution in [3.05, 3.63) is 28.0 Å². The molecule has 0 fully saturated rings. The number of aliphatic hydroxyl groups is 2. The Morgan fingerprint density at radius 3 is 2.64 bits per heavy atom. The van der Waals surface area contributed by atoms with Crippen LogP contribution < -0.4 is 0 Å². The summed E-state index contributed by atoms with van der Waals surface area (Å²) < 4.78 is 0. The molecule has 60 valence electrons. The highest BCUT2D eigenvalue weighted by Gasteiger charge is 1.93. The lowest BCUT2D eigenvalue weighted by atomic mass is 10.2. The van der Waals surface area contributed by atoms with Crippen LogP contribution in [0.25, 0.3) is 6.08 Å². The topological polar surface area (TPSA) is 40.5 Å². The lowest BCUT2D eigenvalue weighted by Gasteiger charge is -1.95. The second-order valence-electron chi connectivity index (χ2n) is 2.13. The fourth-order valence-corrected chi connectivity index (χ4v) is 1.42. The minimum absolute atomic E-state index is 0.0750. The molecule has 0 spiro atoms. The van der Waals surface area contributed by atoms with E-state index in [2.05, 4.69) is 0 Å². The molecule has 0 radical (unpaired) electrons.